The summed E-state index contributed by atoms with van der Waals surface area (Å²) in [5.74, 6) is 1.89. The number of anilines is 1. The highest BCUT2D eigenvalue weighted by Gasteiger charge is 2.28. The van der Waals surface area contributed by atoms with E-state index < -0.39 is 10.0 Å². The molecule has 3 aromatic rings. The number of nitrogens with one attached hydrogen (secondary N) is 1. The highest BCUT2D eigenvalue weighted by Crippen LogP contribution is 2.40. The molecule has 0 radical (unpaired) electrons. The Hall–Kier alpha value is -2.60. The largest absolute Gasteiger partial charge is 0.440 e. The smallest absolute Gasteiger partial charge is 0.261 e. The first-order valence-electron chi connectivity index (χ1n) is 8.17. The van der Waals surface area contributed by atoms with E-state index in [4.69, 9.17) is 4.42 Å². The minimum absolute atomic E-state index is 0.207. The lowest BCUT2D eigenvalue weighted by Crippen LogP contribution is -2.12. The zero-order valence-corrected chi connectivity index (χ0v) is 14.6. The first kappa shape index (κ1) is 15.9. The number of rotatable bonds is 5. The van der Waals surface area contributed by atoms with Crippen molar-refractivity contribution in [1.82, 2.24) is 4.98 Å². The maximum Gasteiger partial charge on any atom is 0.261 e. The molecule has 0 amide bonds. The molecule has 0 saturated heterocycles. The van der Waals surface area contributed by atoms with Crippen LogP contribution in [-0.2, 0) is 10.0 Å². The van der Waals surface area contributed by atoms with Crippen molar-refractivity contribution in [2.45, 2.75) is 30.6 Å². The Balaban J connectivity index is 1.54. The van der Waals surface area contributed by atoms with Crippen LogP contribution < -0.4 is 4.72 Å². The fourth-order valence-electron chi connectivity index (χ4n) is 2.57. The molecule has 128 valence electrons. The Morgan fingerprint density at radius 1 is 1.04 bits per heavy atom. The summed E-state index contributed by atoms with van der Waals surface area (Å²) in [5.41, 5.74) is 2.43. The van der Waals surface area contributed by atoms with Gasteiger partial charge in [-0.3, -0.25) is 4.72 Å². The molecule has 0 unspecified atom stereocenters. The molecule has 5 nitrogen and oxygen atoms in total. The lowest BCUT2D eigenvalue weighted by Gasteiger charge is -2.08. The van der Waals surface area contributed by atoms with Gasteiger partial charge in [-0.15, -0.1) is 0 Å². The van der Waals surface area contributed by atoms with Crippen molar-refractivity contribution in [2.75, 3.05) is 4.72 Å². The molecule has 6 heteroatoms. The van der Waals surface area contributed by atoms with Crippen LogP contribution >= 0.6 is 0 Å². The Bertz CT molecular complexity index is 986. The van der Waals surface area contributed by atoms with Crippen molar-refractivity contribution in [2.24, 2.45) is 0 Å². The Morgan fingerprint density at radius 3 is 2.36 bits per heavy atom. The fraction of sp³-hybridized carbons (Fsp3) is 0.211. The van der Waals surface area contributed by atoms with E-state index in [2.05, 4.69) is 9.71 Å². The molecule has 1 aliphatic carbocycles. The molecule has 1 aromatic heterocycles. The summed E-state index contributed by atoms with van der Waals surface area (Å²) in [6.07, 6.45) is 3.95. The molecule has 0 spiro atoms. The molecule has 0 atom stereocenters. The van der Waals surface area contributed by atoms with Gasteiger partial charge in [0, 0.05) is 17.2 Å². The van der Waals surface area contributed by atoms with Crippen molar-refractivity contribution >= 4 is 15.7 Å². The van der Waals surface area contributed by atoms with E-state index >= 15 is 0 Å². The number of aryl methyl sites for hydroxylation is 1. The number of hydrogen-bond donors (Lipinski definition) is 1. The van der Waals surface area contributed by atoms with Crippen molar-refractivity contribution < 1.29 is 12.8 Å². The normalized spacial score (nSPS) is 14.4. The number of aromatic nitrogens is 1. The van der Waals surface area contributed by atoms with Gasteiger partial charge in [-0.25, -0.2) is 13.4 Å². The Kier molecular flexibility index (Phi) is 3.84. The van der Waals surface area contributed by atoms with Crippen LogP contribution in [0, 0.1) is 6.92 Å². The number of nitrogens with zero attached hydrogens (tertiary/aromatic N) is 1. The summed E-state index contributed by atoms with van der Waals surface area (Å²) in [4.78, 5) is 4.50. The Labute approximate surface area is 146 Å². The molecular weight excluding hydrogens is 336 g/mol. The average molecular weight is 354 g/mol. The molecule has 0 bridgehead atoms. The first-order chi connectivity index (χ1) is 12.0. The van der Waals surface area contributed by atoms with E-state index in [0.717, 1.165) is 29.9 Å². The van der Waals surface area contributed by atoms with Gasteiger partial charge in [-0.2, -0.15) is 0 Å². The van der Waals surface area contributed by atoms with Gasteiger partial charge in [0.05, 0.1) is 11.1 Å². The van der Waals surface area contributed by atoms with Crippen molar-refractivity contribution in [1.29, 1.82) is 0 Å². The minimum atomic E-state index is -3.62. The Morgan fingerprint density at radius 2 is 1.72 bits per heavy atom. The maximum atomic E-state index is 12.5. The monoisotopic (exact) mass is 354 g/mol. The second-order valence-electron chi connectivity index (χ2n) is 6.33. The quantitative estimate of drug-likeness (QED) is 0.740. The molecule has 1 N–H and O–H groups in total. The molecule has 25 heavy (non-hydrogen) atoms. The predicted octanol–water partition coefficient (Wildman–Crippen LogP) is 4.33. The van der Waals surface area contributed by atoms with E-state index in [0.29, 0.717) is 17.4 Å². The summed E-state index contributed by atoms with van der Waals surface area (Å²) in [6, 6.07) is 13.8. The molecule has 1 heterocycles. The van der Waals surface area contributed by atoms with Crippen molar-refractivity contribution in [3.8, 4) is 11.3 Å². The number of benzene rings is 2. The van der Waals surface area contributed by atoms with Gasteiger partial charge in [0.15, 0.2) is 11.7 Å². The lowest BCUT2D eigenvalue weighted by atomic mass is 10.2. The summed E-state index contributed by atoms with van der Waals surface area (Å²) in [6.45, 7) is 1.95. The maximum absolute atomic E-state index is 12.5. The van der Waals surface area contributed by atoms with Crippen LogP contribution in [0.25, 0.3) is 11.3 Å². The van der Waals surface area contributed by atoms with Crippen LogP contribution in [0.15, 0.2) is 64.0 Å². The molecule has 2 aromatic carbocycles. The highest BCUT2D eigenvalue weighted by atomic mass is 32.2. The van der Waals surface area contributed by atoms with Gasteiger partial charge in [0.2, 0.25) is 0 Å². The number of sulfonamides is 1. The van der Waals surface area contributed by atoms with Crippen molar-refractivity contribution in [3.63, 3.8) is 0 Å². The van der Waals surface area contributed by atoms with Crippen LogP contribution in [0.2, 0.25) is 0 Å². The molecule has 4 rings (SSSR count). The third-order valence-corrected chi connectivity index (χ3v) is 5.60. The summed E-state index contributed by atoms with van der Waals surface area (Å²) < 4.78 is 33.3. The number of hydrogen-bond acceptors (Lipinski definition) is 4. The fourth-order valence-corrected chi connectivity index (χ4v) is 3.63. The van der Waals surface area contributed by atoms with Gasteiger partial charge in [-0.1, -0.05) is 17.7 Å². The SMILES string of the molecule is Cc1ccc(NS(=O)(=O)c2ccc(-c3cnc(C4CC4)o3)cc2)cc1. The summed E-state index contributed by atoms with van der Waals surface area (Å²) in [5, 5.41) is 0. The third kappa shape index (κ3) is 3.44. The second kappa shape index (κ2) is 6.04. The van der Waals surface area contributed by atoms with E-state index in [1.165, 1.54) is 0 Å². The average Bonchev–Trinajstić information content (AvgIpc) is 3.34. The second-order valence-corrected chi connectivity index (χ2v) is 8.02. The predicted molar refractivity (Wildman–Crippen MR) is 95.9 cm³/mol. The minimum Gasteiger partial charge on any atom is -0.440 e. The molecule has 1 saturated carbocycles. The standard InChI is InChI=1S/C19H18N2O3S/c1-13-2-8-16(9-3-13)21-25(22,23)17-10-6-14(7-11-17)18-12-20-19(24-18)15-4-5-15/h2-3,6-12,15,21H,4-5H2,1H3. The molecule has 1 aliphatic rings. The molecule has 1 fully saturated rings. The third-order valence-electron chi connectivity index (χ3n) is 4.20. The van der Waals surface area contributed by atoms with E-state index in [1.54, 1.807) is 42.6 Å². The van der Waals surface area contributed by atoms with Crippen LogP contribution in [0.1, 0.15) is 30.2 Å². The van der Waals surface area contributed by atoms with E-state index in [-0.39, 0.29) is 4.90 Å². The van der Waals surface area contributed by atoms with Gasteiger partial charge in [0.1, 0.15) is 0 Å². The zero-order chi connectivity index (χ0) is 17.4. The zero-order valence-electron chi connectivity index (χ0n) is 13.8. The van der Waals surface area contributed by atoms with Crippen LogP contribution in [0.5, 0.6) is 0 Å². The molecular formula is C19H18N2O3S. The topological polar surface area (TPSA) is 72.2 Å². The van der Waals surface area contributed by atoms with Crippen LogP contribution in [-0.4, -0.2) is 13.4 Å². The summed E-state index contributed by atoms with van der Waals surface area (Å²) in [7, 11) is -3.62. The van der Waals surface area contributed by atoms with Gasteiger partial charge >= 0.3 is 0 Å². The highest BCUT2D eigenvalue weighted by molar-refractivity contribution is 7.92. The van der Waals surface area contributed by atoms with Gasteiger partial charge in [-0.05, 0) is 56.2 Å². The van der Waals surface area contributed by atoms with Crippen LogP contribution in [0.4, 0.5) is 5.69 Å². The molecule has 0 aliphatic heterocycles. The van der Waals surface area contributed by atoms with Gasteiger partial charge in [0.25, 0.3) is 10.0 Å². The van der Waals surface area contributed by atoms with Gasteiger partial charge < -0.3 is 4.42 Å². The van der Waals surface area contributed by atoms with E-state index in [9.17, 15) is 8.42 Å². The number of oxazole rings is 1. The van der Waals surface area contributed by atoms with Crippen LogP contribution in [0.3, 0.4) is 0 Å². The van der Waals surface area contributed by atoms with E-state index in [1.807, 2.05) is 19.1 Å². The van der Waals surface area contributed by atoms with Crippen molar-refractivity contribution in [3.05, 3.63) is 66.2 Å². The summed E-state index contributed by atoms with van der Waals surface area (Å²) >= 11 is 0. The lowest BCUT2D eigenvalue weighted by molar-refractivity contribution is 0.509. The first-order valence-corrected chi connectivity index (χ1v) is 9.65.